The quantitative estimate of drug-likeness (QED) is 0.772. The molecule has 1 N–H and O–H groups in total. The zero-order valence-corrected chi connectivity index (χ0v) is 17.0. The van der Waals surface area contributed by atoms with E-state index in [1.165, 1.54) is 5.56 Å². The van der Waals surface area contributed by atoms with Crippen LogP contribution in [0.5, 0.6) is 0 Å². The first-order chi connectivity index (χ1) is 13.5. The van der Waals surface area contributed by atoms with Gasteiger partial charge in [0.2, 0.25) is 5.91 Å². The summed E-state index contributed by atoms with van der Waals surface area (Å²) in [6, 6.07) is 18.4. The summed E-state index contributed by atoms with van der Waals surface area (Å²) in [5.41, 5.74) is 4.42. The van der Waals surface area contributed by atoms with Crippen LogP contribution in [-0.4, -0.2) is 36.1 Å². The summed E-state index contributed by atoms with van der Waals surface area (Å²) in [6.07, 6.45) is 2.22. The van der Waals surface area contributed by atoms with Gasteiger partial charge in [-0.3, -0.25) is 9.69 Å². The van der Waals surface area contributed by atoms with Gasteiger partial charge in [0, 0.05) is 32.3 Å². The van der Waals surface area contributed by atoms with E-state index in [4.69, 9.17) is 4.74 Å². The van der Waals surface area contributed by atoms with Crippen molar-refractivity contribution in [2.45, 2.75) is 46.1 Å². The molecular formula is C24H30N2O2. The summed E-state index contributed by atoms with van der Waals surface area (Å²) in [4.78, 5) is 14.6. The zero-order chi connectivity index (χ0) is 19.9. The van der Waals surface area contributed by atoms with Gasteiger partial charge in [-0.2, -0.15) is 0 Å². The van der Waals surface area contributed by atoms with Crippen LogP contribution in [0.15, 0.2) is 60.7 Å². The molecule has 2 aromatic carbocycles. The largest absolute Gasteiger partial charge is 0.373 e. The minimum atomic E-state index is -0.0679. The number of hydrogen-bond donors (Lipinski definition) is 1. The van der Waals surface area contributed by atoms with Crippen molar-refractivity contribution in [1.29, 1.82) is 0 Å². The second kappa shape index (κ2) is 9.67. The molecule has 0 radical (unpaired) electrons. The van der Waals surface area contributed by atoms with Crippen molar-refractivity contribution < 1.29 is 9.53 Å². The molecule has 1 amide bonds. The van der Waals surface area contributed by atoms with Crippen LogP contribution in [0.3, 0.4) is 0 Å². The van der Waals surface area contributed by atoms with E-state index in [-0.39, 0.29) is 18.1 Å². The minimum absolute atomic E-state index is 0.0679. The van der Waals surface area contributed by atoms with Crippen LogP contribution in [0.4, 0.5) is 0 Å². The topological polar surface area (TPSA) is 41.6 Å². The highest BCUT2D eigenvalue weighted by molar-refractivity contribution is 5.94. The standard InChI is InChI=1S/C24H30N2O2/c1-18(23-7-5-4-6-8-23)13-24(27)25-14-21-9-11-22(12-10-21)17-26-15-19(2)28-20(3)16-26/h4-13,19-20H,14-17H2,1-3H3,(H,25,27)/b18-13+. The third kappa shape index (κ3) is 6.04. The molecule has 1 heterocycles. The maximum atomic E-state index is 12.2. The van der Waals surface area contributed by atoms with Crippen LogP contribution in [-0.2, 0) is 22.6 Å². The highest BCUT2D eigenvalue weighted by Gasteiger charge is 2.21. The number of ether oxygens (including phenoxy) is 1. The third-order valence-corrected chi connectivity index (χ3v) is 4.97. The maximum Gasteiger partial charge on any atom is 0.244 e. The molecular weight excluding hydrogens is 348 g/mol. The molecule has 2 atom stereocenters. The molecule has 2 unspecified atom stereocenters. The number of nitrogens with one attached hydrogen (secondary N) is 1. The van der Waals surface area contributed by atoms with Crippen molar-refractivity contribution >= 4 is 11.5 Å². The van der Waals surface area contributed by atoms with Gasteiger partial charge < -0.3 is 10.1 Å². The molecule has 0 bridgehead atoms. The van der Waals surface area contributed by atoms with Crippen molar-refractivity contribution in [2.75, 3.05) is 13.1 Å². The van der Waals surface area contributed by atoms with Crippen LogP contribution in [0.1, 0.15) is 37.5 Å². The zero-order valence-electron chi connectivity index (χ0n) is 17.0. The van der Waals surface area contributed by atoms with Crippen LogP contribution in [0.2, 0.25) is 0 Å². The lowest BCUT2D eigenvalue weighted by atomic mass is 10.1. The second-order valence-corrected chi connectivity index (χ2v) is 7.68. The molecule has 148 valence electrons. The van der Waals surface area contributed by atoms with Gasteiger partial charge in [0.05, 0.1) is 12.2 Å². The Morgan fingerprint density at radius 1 is 1.04 bits per heavy atom. The highest BCUT2D eigenvalue weighted by atomic mass is 16.5. The number of hydrogen-bond acceptors (Lipinski definition) is 3. The van der Waals surface area contributed by atoms with E-state index >= 15 is 0 Å². The van der Waals surface area contributed by atoms with Gasteiger partial charge in [-0.25, -0.2) is 0 Å². The monoisotopic (exact) mass is 378 g/mol. The van der Waals surface area contributed by atoms with Gasteiger partial charge in [0.25, 0.3) is 0 Å². The molecule has 1 fully saturated rings. The average Bonchev–Trinajstić information content (AvgIpc) is 2.67. The van der Waals surface area contributed by atoms with Crippen LogP contribution in [0, 0.1) is 0 Å². The fourth-order valence-electron chi connectivity index (χ4n) is 3.66. The smallest absolute Gasteiger partial charge is 0.244 e. The van der Waals surface area contributed by atoms with E-state index in [2.05, 4.69) is 48.3 Å². The van der Waals surface area contributed by atoms with Gasteiger partial charge in [-0.05, 0) is 43.0 Å². The minimum Gasteiger partial charge on any atom is -0.373 e. The van der Waals surface area contributed by atoms with Gasteiger partial charge in [-0.1, -0.05) is 54.6 Å². The Bertz CT molecular complexity index is 789. The fourth-order valence-corrected chi connectivity index (χ4v) is 3.66. The van der Waals surface area contributed by atoms with Gasteiger partial charge in [0.1, 0.15) is 0 Å². The number of carbonyl (C=O) groups is 1. The predicted octanol–water partition coefficient (Wildman–Crippen LogP) is 4.02. The van der Waals surface area contributed by atoms with Gasteiger partial charge in [-0.15, -0.1) is 0 Å². The molecule has 0 aliphatic carbocycles. The first-order valence-electron chi connectivity index (χ1n) is 9.97. The number of morpholine rings is 1. The summed E-state index contributed by atoms with van der Waals surface area (Å²) < 4.78 is 5.80. The van der Waals surface area contributed by atoms with E-state index in [0.717, 1.165) is 36.3 Å². The molecule has 0 aromatic heterocycles. The predicted molar refractivity (Wildman–Crippen MR) is 114 cm³/mol. The Hall–Kier alpha value is -2.43. The molecule has 28 heavy (non-hydrogen) atoms. The van der Waals surface area contributed by atoms with Crippen molar-refractivity contribution in [3.05, 3.63) is 77.4 Å². The molecule has 4 nitrogen and oxygen atoms in total. The molecule has 3 rings (SSSR count). The van der Waals surface area contributed by atoms with E-state index in [1.54, 1.807) is 6.08 Å². The third-order valence-electron chi connectivity index (χ3n) is 4.97. The maximum absolute atomic E-state index is 12.2. The van der Waals surface area contributed by atoms with E-state index in [9.17, 15) is 4.79 Å². The number of nitrogens with zero attached hydrogens (tertiary/aromatic N) is 1. The summed E-state index contributed by atoms with van der Waals surface area (Å²) in [5, 5.41) is 2.97. The lowest BCUT2D eigenvalue weighted by Crippen LogP contribution is -2.44. The molecule has 0 spiro atoms. The Labute approximate surface area is 168 Å². The second-order valence-electron chi connectivity index (χ2n) is 7.68. The Morgan fingerprint density at radius 2 is 1.64 bits per heavy atom. The number of benzene rings is 2. The SMILES string of the molecule is C/C(=C\C(=O)NCc1ccc(CN2CC(C)OC(C)C2)cc1)c1ccccc1. The summed E-state index contributed by atoms with van der Waals surface area (Å²) in [5.74, 6) is -0.0679. The fraction of sp³-hybridized carbons (Fsp3) is 0.375. The van der Waals surface area contributed by atoms with Crippen LogP contribution >= 0.6 is 0 Å². The van der Waals surface area contributed by atoms with Crippen molar-refractivity contribution in [3.63, 3.8) is 0 Å². The summed E-state index contributed by atoms with van der Waals surface area (Å²) in [7, 11) is 0. The van der Waals surface area contributed by atoms with Gasteiger partial charge in [0.15, 0.2) is 0 Å². The number of allylic oxidation sites excluding steroid dienone is 1. The molecule has 1 saturated heterocycles. The van der Waals surface area contributed by atoms with Crippen molar-refractivity contribution in [1.82, 2.24) is 10.2 Å². The Balaban J connectivity index is 1.49. The number of carbonyl (C=O) groups excluding carboxylic acids is 1. The number of rotatable bonds is 6. The molecule has 0 saturated carbocycles. The highest BCUT2D eigenvalue weighted by Crippen LogP contribution is 2.15. The van der Waals surface area contributed by atoms with E-state index in [0.29, 0.717) is 6.54 Å². The Morgan fingerprint density at radius 3 is 2.29 bits per heavy atom. The van der Waals surface area contributed by atoms with Crippen LogP contribution < -0.4 is 5.32 Å². The first kappa shape index (κ1) is 20.3. The lowest BCUT2D eigenvalue weighted by Gasteiger charge is -2.35. The molecule has 1 aliphatic rings. The first-order valence-corrected chi connectivity index (χ1v) is 9.97. The number of amides is 1. The normalized spacial score (nSPS) is 20.8. The van der Waals surface area contributed by atoms with E-state index < -0.39 is 0 Å². The van der Waals surface area contributed by atoms with Crippen molar-refractivity contribution in [2.24, 2.45) is 0 Å². The van der Waals surface area contributed by atoms with Gasteiger partial charge >= 0.3 is 0 Å². The van der Waals surface area contributed by atoms with Crippen LogP contribution in [0.25, 0.3) is 5.57 Å². The van der Waals surface area contributed by atoms with E-state index in [1.807, 2.05) is 37.3 Å². The average molecular weight is 379 g/mol. The lowest BCUT2D eigenvalue weighted by molar-refractivity contribution is -0.116. The summed E-state index contributed by atoms with van der Waals surface area (Å²) in [6.45, 7) is 9.61. The Kier molecular flexibility index (Phi) is 7.01. The summed E-state index contributed by atoms with van der Waals surface area (Å²) >= 11 is 0. The van der Waals surface area contributed by atoms with Crippen molar-refractivity contribution in [3.8, 4) is 0 Å². The molecule has 1 aliphatic heterocycles. The molecule has 4 heteroatoms. The molecule has 2 aromatic rings.